The number of hydrogen-bond donors (Lipinski definition) is 2. The summed E-state index contributed by atoms with van der Waals surface area (Å²) in [5.41, 5.74) is 1.06. The van der Waals surface area contributed by atoms with Gasteiger partial charge in [0.25, 0.3) is 0 Å². The summed E-state index contributed by atoms with van der Waals surface area (Å²) in [5.74, 6) is -0.200. The van der Waals surface area contributed by atoms with E-state index >= 15 is 0 Å². The van der Waals surface area contributed by atoms with E-state index in [1.807, 2.05) is 0 Å². The Morgan fingerprint density at radius 3 is 2.65 bits per heavy atom. The summed E-state index contributed by atoms with van der Waals surface area (Å²) >= 11 is 0. The molecule has 1 aromatic rings. The van der Waals surface area contributed by atoms with Crippen LogP contribution in [0.3, 0.4) is 0 Å². The van der Waals surface area contributed by atoms with Gasteiger partial charge in [-0.1, -0.05) is 12.1 Å². The highest BCUT2D eigenvalue weighted by Gasteiger charge is 2.15. The van der Waals surface area contributed by atoms with Crippen molar-refractivity contribution < 1.29 is 13.9 Å². The van der Waals surface area contributed by atoms with Gasteiger partial charge in [0.1, 0.15) is 5.82 Å². The second kappa shape index (κ2) is 7.97. The number of nitrogens with one attached hydrogen (secondary N) is 2. The van der Waals surface area contributed by atoms with Crippen molar-refractivity contribution in [3.63, 3.8) is 0 Å². The molecular formula is C15H21FN2O2. The summed E-state index contributed by atoms with van der Waals surface area (Å²) in [5, 5.41) is 6.09. The molecule has 1 aromatic carbocycles. The summed E-state index contributed by atoms with van der Waals surface area (Å²) in [6, 6.07) is 6.67. The molecule has 1 amide bonds. The molecular weight excluding hydrogens is 259 g/mol. The van der Waals surface area contributed by atoms with Gasteiger partial charge in [0.2, 0.25) is 5.91 Å². The first-order chi connectivity index (χ1) is 9.74. The smallest absolute Gasteiger partial charge is 0.234 e. The number of carbonyl (C=O) groups is 1. The van der Waals surface area contributed by atoms with Gasteiger partial charge in [-0.05, 0) is 43.5 Å². The van der Waals surface area contributed by atoms with Crippen LogP contribution in [-0.4, -0.2) is 38.3 Å². The Balaban J connectivity index is 1.58. The number of halogens is 1. The maximum atomic E-state index is 12.7. The molecule has 0 spiro atoms. The molecule has 1 fully saturated rings. The first-order valence-electron chi connectivity index (χ1n) is 7.06. The second-order valence-electron chi connectivity index (χ2n) is 5.01. The Morgan fingerprint density at radius 2 is 1.95 bits per heavy atom. The van der Waals surface area contributed by atoms with Crippen LogP contribution in [0.2, 0.25) is 0 Å². The fraction of sp³-hybridized carbons (Fsp3) is 0.533. The molecule has 110 valence electrons. The molecule has 1 heterocycles. The van der Waals surface area contributed by atoms with E-state index in [1.165, 1.54) is 12.1 Å². The van der Waals surface area contributed by atoms with E-state index in [0.29, 0.717) is 13.1 Å². The third-order valence-electron chi connectivity index (χ3n) is 3.38. The van der Waals surface area contributed by atoms with Gasteiger partial charge < -0.3 is 15.4 Å². The first-order valence-corrected chi connectivity index (χ1v) is 7.06. The van der Waals surface area contributed by atoms with Gasteiger partial charge in [-0.3, -0.25) is 4.79 Å². The van der Waals surface area contributed by atoms with Crippen LogP contribution in [0.15, 0.2) is 24.3 Å². The van der Waals surface area contributed by atoms with Crippen LogP contribution in [0.4, 0.5) is 4.39 Å². The minimum absolute atomic E-state index is 0.0241. The van der Waals surface area contributed by atoms with Crippen LogP contribution < -0.4 is 10.6 Å². The van der Waals surface area contributed by atoms with Gasteiger partial charge in [-0.25, -0.2) is 4.39 Å². The molecule has 4 nitrogen and oxygen atoms in total. The predicted molar refractivity (Wildman–Crippen MR) is 75.0 cm³/mol. The summed E-state index contributed by atoms with van der Waals surface area (Å²) in [7, 11) is 0. The molecule has 1 saturated heterocycles. The first kappa shape index (κ1) is 14.9. The van der Waals surface area contributed by atoms with E-state index in [2.05, 4.69) is 10.6 Å². The molecule has 1 aliphatic heterocycles. The Labute approximate surface area is 118 Å². The van der Waals surface area contributed by atoms with Crippen molar-refractivity contribution in [1.29, 1.82) is 0 Å². The molecule has 0 saturated carbocycles. The van der Waals surface area contributed by atoms with E-state index in [4.69, 9.17) is 4.74 Å². The number of amides is 1. The van der Waals surface area contributed by atoms with Crippen molar-refractivity contribution >= 4 is 5.91 Å². The Morgan fingerprint density at radius 1 is 1.25 bits per heavy atom. The van der Waals surface area contributed by atoms with Crippen molar-refractivity contribution in [2.75, 3.05) is 26.3 Å². The normalized spacial score (nSPS) is 16.1. The number of hydrogen-bond acceptors (Lipinski definition) is 3. The molecule has 0 unspecified atom stereocenters. The van der Waals surface area contributed by atoms with Gasteiger partial charge >= 0.3 is 0 Å². The molecule has 1 aliphatic rings. The highest BCUT2D eigenvalue weighted by atomic mass is 19.1. The number of benzene rings is 1. The van der Waals surface area contributed by atoms with Crippen molar-refractivity contribution in [3.8, 4) is 0 Å². The summed E-state index contributed by atoms with van der Waals surface area (Å²) < 4.78 is 18.0. The van der Waals surface area contributed by atoms with E-state index in [1.54, 1.807) is 12.1 Å². The van der Waals surface area contributed by atoms with Gasteiger partial charge in [-0.2, -0.15) is 0 Å². The lowest BCUT2D eigenvalue weighted by molar-refractivity contribution is -0.121. The van der Waals surface area contributed by atoms with Crippen LogP contribution in [0, 0.1) is 5.82 Å². The average molecular weight is 280 g/mol. The molecule has 2 rings (SSSR count). The molecule has 2 N–H and O–H groups in total. The standard InChI is InChI=1S/C15H21FN2O2/c16-13-3-1-12(2-4-13)5-8-17-11-15(19)18-14-6-9-20-10-7-14/h1-4,14,17H,5-11H2,(H,18,19). The van der Waals surface area contributed by atoms with Crippen LogP contribution in [0.5, 0.6) is 0 Å². The molecule has 0 aromatic heterocycles. The third kappa shape index (κ3) is 5.27. The van der Waals surface area contributed by atoms with Crippen LogP contribution in [0.25, 0.3) is 0 Å². The van der Waals surface area contributed by atoms with Gasteiger partial charge in [0.05, 0.1) is 6.54 Å². The van der Waals surface area contributed by atoms with Crippen LogP contribution >= 0.6 is 0 Å². The SMILES string of the molecule is O=C(CNCCc1ccc(F)cc1)NC1CCOCC1. The van der Waals surface area contributed by atoms with Crippen LogP contribution in [-0.2, 0) is 16.0 Å². The maximum absolute atomic E-state index is 12.7. The highest BCUT2D eigenvalue weighted by molar-refractivity contribution is 5.78. The minimum atomic E-state index is -0.224. The fourth-order valence-corrected chi connectivity index (χ4v) is 2.21. The van der Waals surface area contributed by atoms with E-state index in [0.717, 1.165) is 38.0 Å². The molecule has 20 heavy (non-hydrogen) atoms. The number of ether oxygens (including phenoxy) is 1. The Hall–Kier alpha value is -1.46. The molecule has 0 radical (unpaired) electrons. The van der Waals surface area contributed by atoms with Crippen molar-refractivity contribution in [3.05, 3.63) is 35.6 Å². The average Bonchev–Trinajstić information content (AvgIpc) is 2.46. The lowest BCUT2D eigenvalue weighted by atomic mass is 10.1. The van der Waals surface area contributed by atoms with Crippen molar-refractivity contribution in [2.45, 2.75) is 25.3 Å². The highest BCUT2D eigenvalue weighted by Crippen LogP contribution is 2.05. The second-order valence-corrected chi connectivity index (χ2v) is 5.01. The Kier molecular flexibility index (Phi) is 5.95. The lowest BCUT2D eigenvalue weighted by Crippen LogP contribution is -2.43. The molecule has 5 heteroatoms. The number of carbonyl (C=O) groups excluding carboxylic acids is 1. The zero-order chi connectivity index (χ0) is 14.2. The molecule has 0 aliphatic carbocycles. The quantitative estimate of drug-likeness (QED) is 0.771. The lowest BCUT2D eigenvalue weighted by Gasteiger charge is -2.23. The topological polar surface area (TPSA) is 50.4 Å². The van der Waals surface area contributed by atoms with Crippen molar-refractivity contribution in [1.82, 2.24) is 10.6 Å². The molecule has 0 bridgehead atoms. The van der Waals surface area contributed by atoms with Crippen molar-refractivity contribution in [2.24, 2.45) is 0 Å². The largest absolute Gasteiger partial charge is 0.381 e. The zero-order valence-electron chi connectivity index (χ0n) is 11.5. The van der Waals surface area contributed by atoms with Gasteiger partial charge in [0, 0.05) is 19.3 Å². The van der Waals surface area contributed by atoms with E-state index in [-0.39, 0.29) is 17.8 Å². The zero-order valence-corrected chi connectivity index (χ0v) is 11.5. The van der Waals surface area contributed by atoms with Gasteiger partial charge in [-0.15, -0.1) is 0 Å². The molecule has 0 atom stereocenters. The summed E-state index contributed by atoms with van der Waals surface area (Å²) in [6.07, 6.45) is 2.56. The van der Waals surface area contributed by atoms with Crippen LogP contribution in [0.1, 0.15) is 18.4 Å². The van der Waals surface area contributed by atoms with Gasteiger partial charge in [0.15, 0.2) is 0 Å². The maximum Gasteiger partial charge on any atom is 0.234 e. The summed E-state index contributed by atoms with van der Waals surface area (Å²) in [6.45, 7) is 2.47. The van der Waals surface area contributed by atoms with E-state index < -0.39 is 0 Å². The predicted octanol–water partition coefficient (Wildman–Crippen LogP) is 1.25. The van der Waals surface area contributed by atoms with E-state index in [9.17, 15) is 9.18 Å². The fourth-order valence-electron chi connectivity index (χ4n) is 2.21. The minimum Gasteiger partial charge on any atom is -0.381 e. The Bertz CT molecular complexity index is 416. The summed E-state index contributed by atoms with van der Waals surface area (Å²) in [4.78, 5) is 11.7. The monoisotopic (exact) mass is 280 g/mol. The number of rotatable bonds is 6. The third-order valence-corrected chi connectivity index (χ3v) is 3.38.